The summed E-state index contributed by atoms with van der Waals surface area (Å²) >= 11 is 0. The number of fused-ring (bicyclic) bond motifs is 2. The fraction of sp³-hybridized carbons (Fsp3) is 0.282. The highest BCUT2D eigenvalue weighted by atomic mass is 16.5. The summed E-state index contributed by atoms with van der Waals surface area (Å²) in [6.45, 7) is 3.05. The van der Waals surface area contributed by atoms with Gasteiger partial charge in [-0.2, -0.15) is 9.97 Å². The molecule has 0 fully saturated rings. The van der Waals surface area contributed by atoms with Crippen LogP contribution < -0.4 is 63.1 Å². The number of ether oxygens (including phenoxy) is 3. The number of anilines is 7. The molecule has 2 unspecified atom stereocenters. The first-order valence-electron chi connectivity index (χ1n) is 18.5. The van der Waals surface area contributed by atoms with Gasteiger partial charge in [-0.3, -0.25) is 24.2 Å². The second-order valence-corrected chi connectivity index (χ2v) is 13.4. The highest BCUT2D eigenvalue weighted by Gasteiger charge is 2.30. The topological polar surface area (TPSA) is 337 Å². The SMILES string of the molecule is COc1cc(NCc2ccc3nc(N)nc(N)c3c2C)cc(OC)c1OC.Nc1nc2c(c(=O)[nH]1)N(C=O)C(CNc1cccc(C(=O)NC(CCC(=O)O)C(=O)O)c1)CN2. The number of hydrogen-bond acceptors (Lipinski definition) is 17. The van der Waals surface area contributed by atoms with Crippen LogP contribution in [0.2, 0.25) is 0 Å². The molecule has 3 aromatic carbocycles. The molecule has 5 aromatic rings. The van der Waals surface area contributed by atoms with Gasteiger partial charge in [0.15, 0.2) is 23.0 Å². The van der Waals surface area contributed by atoms with Crippen molar-refractivity contribution in [2.24, 2.45) is 0 Å². The number of carboxylic acids is 2. The fourth-order valence-corrected chi connectivity index (χ4v) is 6.48. The Kier molecular flexibility index (Phi) is 14.2. The van der Waals surface area contributed by atoms with Gasteiger partial charge in [0, 0.05) is 60.5 Å². The average Bonchev–Trinajstić information content (AvgIpc) is 3.23. The maximum atomic E-state index is 12.5. The molecule has 0 spiro atoms. The van der Waals surface area contributed by atoms with Crippen molar-refractivity contribution in [1.82, 2.24) is 25.3 Å². The van der Waals surface area contributed by atoms with Crippen molar-refractivity contribution in [3.63, 3.8) is 0 Å². The Morgan fingerprint density at radius 2 is 1.69 bits per heavy atom. The number of aliphatic carboxylic acids is 2. The summed E-state index contributed by atoms with van der Waals surface area (Å²) < 4.78 is 16.1. The van der Waals surface area contributed by atoms with E-state index in [0.717, 1.165) is 27.7 Å². The third kappa shape index (κ3) is 10.5. The van der Waals surface area contributed by atoms with E-state index >= 15 is 0 Å². The zero-order valence-electron chi connectivity index (χ0n) is 33.6. The van der Waals surface area contributed by atoms with Crippen molar-refractivity contribution >= 4 is 75.8 Å². The molecular formula is C39H46N12O10. The van der Waals surface area contributed by atoms with Gasteiger partial charge in [-0.05, 0) is 48.7 Å². The number of methoxy groups -OCH3 is 3. The number of rotatable bonds is 16. The molecule has 22 nitrogen and oxygen atoms in total. The highest BCUT2D eigenvalue weighted by molar-refractivity contribution is 5.97. The fourth-order valence-electron chi connectivity index (χ4n) is 6.48. The molecule has 13 N–H and O–H groups in total. The van der Waals surface area contributed by atoms with E-state index in [9.17, 15) is 29.1 Å². The standard InChI is InChI=1S/C20H23N7O7.C19H23N5O3/c21-20-25-16-15(18(32)26-20)27(9-28)12(8-23-16)7-22-11-3-1-2-10(6-11)17(31)24-13(19(33)34)4-5-14(29)30;1-10-11(5-6-13-16(10)18(20)24-19(21)23-13)9-22-12-7-14(25-2)17(27-4)15(8-12)26-3/h1-3,6,9,12-13,22H,4-5,7-8H2,(H,24,31)(H,29,30)(H,33,34)(H4,21,23,25,26,32);5-8,22H,9H2,1-4H3,(H4,20,21,23,24). The van der Waals surface area contributed by atoms with E-state index in [2.05, 4.69) is 41.2 Å². The number of carbonyl (C=O) groups is 4. The maximum absolute atomic E-state index is 12.5. The molecule has 0 bridgehead atoms. The summed E-state index contributed by atoms with van der Waals surface area (Å²) in [7, 11) is 4.75. The quantitative estimate of drug-likeness (QED) is 0.0635. The van der Waals surface area contributed by atoms with Gasteiger partial charge in [-0.25, -0.2) is 9.78 Å². The minimum Gasteiger partial charge on any atom is -0.493 e. The van der Waals surface area contributed by atoms with Crippen molar-refractivity contribution in [1.29, 1.82) is 0 Å². The molecule has 2 aromatic heterocycles. The van der Waals surface area contributed by atoms with E-state index < -0.39 is 41.9 Å². The predicted molar refractivity (Wildman–Crippen MR) is 227 cm³/mol. The lowest BCUT2D eigenvalue weighted by molar-refractivity contribution is -0.140. The van der Waals surface area contributed by atoms with Gasteiger partial charge in [-0.15, -0.1) is 0 Å². The number of aromatic nitrogens is 4. The van der Waals surface area contributed by atoms with Crippen LogP contribution in [-0.4, -0.2) is 101 Å². The number of hydrogen-bond donors (Lipinski definition) is 10. The van der Waals surface area contributed by atoms with E-state index in [4.69, 9.17) is 36.5 Å². The number of aryl methyl sites for hydroxylation is 1. The van der Waals surface area contributed by atoms with Crippen molar-refractivity contribution in [3.8, 4) is 17.2 Å². The van der Waals surface area contributed by atoms with E-state index in [1.807, 2.05) is 31.2 Å². The van der Waals surface area contributed by atoms with Crippen LogP contribution in [0.15, 0.2) is 53.3 Å². The van der Waals surface area contributed by atoms with Crippen LogP contribution in [0.3, 0.4) is 0 Å². The summed E-state index contributed by atoms with van der Waals surface area (Å²) in [5.41, 5.74) is 21.0. The van der Waals surface area contributed by atoms with Crippen LogP contribution in [0.5, 0.6) is 17.2 Å². The van der Waals surface area contributed by atoms with Crippen molar-refractivity contribution in [2.75, 3.05) is 72.5 Å². The molecular weight excluding hydrogens is 797 g/mol. The summed E-state index contributed by atoms with van der Waals surface area (Å²) in [5.74, 6) is -0.806. The molecule has 0 saturated carbocycles. The average molecular weight is 843 g/mol. The second-order valence-electron chi connectivity index (χ2n) is 13.4. The molecule has 3 heterocycles. The number of benzene rings is 3. The number of nitrogens with two attached hydrogens (primary N) is 3. The van der Waals surface area contributed by atoms with Gasteiger partial charge in [0.1, 0.15) is 11.9 Å². The van der Waals surface area contributed by atoms with Crippen molar-refractivity contribution < 1.29 is 43.6 Å². The van der Waals surface area contributed by atoms with Crippen LogP contribution in [0.4, 0.5) is 40.6 Å². The molecule has 2 atom stereocenters. The predicted octanol–water partition coefficient (Wildman–Crippen LogP) is 2.01. The smallest absolute Gasteiger partial charge is 0.326 e. The Balaban J connectivity index is 0.000000237. The number of amides is 2. The molecule has 1 aliphatic heterocycles. The Morgan fingerprint density at radius 3 is 2.33 bits per heavy atom. The molecule has 0 aliphatic carbocycles. The van der Waals surface area contributed by atoms with Crippen LogP contribution in [-0.2, 0) is 20.9 Å². The Hall–Kier alpha value is -8.04. The zero-order valence-corrected chi connectivity index (χ0v) is 33.6. The Morgan fingerprint density at radius 1 is 0.967 bits per heavy atom. The van der Waals surface area contributed by atoms with Gasteiger partial charge < -0.3 is 67.8 Å². The van der Waals surface area contributed by atoms with Gasteiger partial charge in [-0.1, -0.05) is 12.1 Å². The largest absolute Gasteiger partial charge is 0.493 e. The molecule has 6 rings (SSSR count). The summed E-state index contributed by atoms with van der Waals surface area (Å²) in [6, 6.07) is 12.0. The van der Waals surface area contributed by atoms with E-state index in [-0.39, 0.29) is 48.5 Å². The lowest BCUT2D eigenvalue weighted by Gasteiger charge is -2.34. The maximum Gasteiger partial charge on any atom is 0.326 e. The summed E-state index contributed by atoms with van der Waals surface area (Å²) in [4.78, 5) is 74.3. The summed E-state index contributed by atoms with van der Waals surface area (Å²) in [5, 5.41) is 30.5. The molecule has 0 radical (unpaired) electrons. The van der Waals surface area contributed by atoms with E-state index in [1.165, 1.54) is 17.0 Å². The first kappa shape index (κ1) is 44.1. The summed E-state index contributed by atoms with van der Waals surface area (Å²) in [6.07, 6.45) is -0.145. The van der Waals surface area contributed by atoms with E-state index in [1.54, 1.807) is 33.5 Å². The molecule has 0 saturated heterocycles. The number of H-pyrrole nitrogens is 1. The third-order valence-corrected chi connectivity index (χ3v) is 9.53. The monoisotopic (exact) mass is 842 g/mol. The number of nitrogen functional groups attached to an aromatic ring is 3. The molecule has 2 amide bonds. The van der Waals surface area contributed by atoms with Crippen LogP contribution >= 0.6 is 0 Å². The third-order valence-electron chi connectivity index (χ3n) is 9.53. The number of carbonyl (C=O) groups excluding carboxylic acids is 2. The minimum absolute atomic E-state index is 0.0384. The van der Waals surface area contributed by atoms with Gasteiger partial charge in [0.2, 0.25) is 24.1 Å². The number of nitrogens with zero attached hydrogens (tertiary/aromatic N) is 4. The molecule has 1 aliphatic rings. The van der Waals surface area contributed by atoms with Crippen LogP contribution in [0.1, 0.15) is 34.3 Å². The number of nitrogens with one attached hydrogen (secondary N) is 5. The van der Waals surface area contributed by atoms with E-state index in [0.29, 0.717) is 41.7 Å². The van der Waals surface area contributed by atoms with Crippen molar-refractivity contribution in [2.45, 2.75) is 38.4 Å². The first-order valence-corrected chi connectivity index (χ1v) is 18.5. The lowest BCUT2D eigenvalue weighted by Crippen LogP contribution is -2.50. The number of aromatic amines is 1. The second kappa shape index (κ2) is 19.6. The normalized spacial score (nSPS) is 13.3. The Bertz CT molecular complexity index is 2470. The van der Waals surface area contributed by atoms with Gasteiger partial charge >= 0.3 is 11.9 Å². The van der Waals surface area contributed by atoms with Crippen molar-refractivity contribution in [3.05, 3.63) is 75.6 Å². The Labute approximate surface area is 347 Å². The first-order chi connectivity index (χ1) is 29.2. The van der Waals surface area contributed by atoms with Crippen LogP contribution in [0.25, 0.3) is 10.9 Å². The van der Waals surface area contributed by atoms with Gasteiger partial charge in [0.25, 0.3) is 11.5 Å². The number of carboxylic acid groups (broad SMARTS) is 2. The lowest BCUT2D eigenvalue weighted by atomic mass is 10.0. The molecule has 322 valence electrons. The minimum atomic E-state index is -1.35. The zero-order chi connectivity index (χ0) is 44.4. The van der Waals surface area contributed by atoms with Gasteiger partial charge in [0.05, 0.1) is 32.9 Å². The molecule has 22 heteroatoms. The highest BCUT2D eigenvalue weighted by Crippen LogP contribution is 2.40. The van der Waals surface area contributed by atoms with Crippen LogP contribution in [0, 0.1) is 6.92 Å². The molecule has 61 heavy (non-hydrogen) atoms.